The van der Waals surface area contributed by atoms with Crippen molar-refractivity contribution in [3.8, 4) is 5.88 Å². The zero-order valence-electron chi connectivity index (χ0n) is 12.6. The van der Waals surface area contributed by atoms with E-state index in [0.29, 0.717) is 13.2 Å². The van der Waals surface area contributed by atoms with E-state index in [1.165, 1.54) is 12.1 Å². The Morgan fingerprint density at radius 1 is 1.48 bits per heavy atom. The van der Waals surface area contributed by atoms with Gasteiger partial charge in [-0.25, -0.2) is 0 Å². The van der Waals surface area contributed by atoms with E-state index in [-0.39, 0.29) is 23.3 Å². The molecule has 1 fully saturated rings. The molecule has 1 aromatic heterocycles. The summed E-state index contributed by atoms with van der Waals surface area (Å²) in [6, 6.07) is 2.53. The number of halogens is 3. The summed E-state index contributed by atoms with van der Waals surface area (Å²) in [5, 5.41) is 0. The van der Waals surface area contributed by atoms with E-state index in [0.717, 1.165) is 12.8 Å². The standard InChI is InChI=1S/C14H18F3N3O3/c1-22-7-9-3-2-6-20(9)13-10(12(18)21)4-5-11(19-13)23-8-14(15,16)17/h4-5,9H,2-3,6-8H2,1H3,(H2,18,21)/t9-/m0/s1. The van der Waals surface area contributed by atoms with Crippen LogP contribution in [0.2, 0.25) is 0 Å². The van der Waals surface area contributed by atoms with Crippen LogP contribution in [-0.4, -0.2) is 50.0 Å². The third-order valence-corrected chi connectivity index (χ3v) is 3.51. The van der Waals surface area contributed by atoms with Gasteiger partial charge in [0, 0.05) is 19.7 Å². The van der Waals surface area contributed by atoms with E-state index in [2.05, 4.69) is 9.72 Å². The minimum atomic E-state index is -4.46. The molecule has 0 aliphatic carbocycles. The molecule has 2 heterocycles. The van der Waals surface area contributed by atoms with E-state index >= 15 is 0 Å². The maximum Gasteiger partial charge on any atom is 0.422 e. The molecule has 128 valence electrons. The highest BCUT2D eigenvalue weighted by molar-refractivity contribution is 5.98. The van der Waals surface area contributed by atoms with Crippen LogP contribution in [0.25, 0.3) is 0 Å². The maximum absolute atomic E-state index is 12.3. The number of anilines is 1. The number of aromatic nitrogens is 1. The van der Waals surface area contributed by atoms with Gasteiger partial charge in [-0.05, 0) is 18.9 Å². The van der Waals surface area contributed by atoms with Crippen LogP contribution in [-0.2, 0) is 4.74 Å². The summed E-state index contributed by atoms with van der Waals surface area (Å²) in [4.78, 5) is 17.5. The van der Waals surface area contributed by atoms with Gasteiger partial charge >= 0.3 is 6.18 Å². The van der Waals surface area contributed by atoms with Crippen molar-refractivity contribution in [1.29, 1.82) is 0 Å². The van der Waals surface area contributed by atoms with Gasteiger partial charge in [-0.3, -0.25) is 4.79 Å². The molecule has 2 rings (SSSR count). The Labute approximate surface area is 131 Å². The van der Waals surface area contributed by atoms with Gasteiger partial charge in [-0.1, -0.05) is 0 Å². The molecule has 6 nitrogen and oxygen atoms in total. The second-order valence-electron chi connectivity index (χ2n) is 5.23. The highest BCUT2D eigenvalue weighted by Crippen LogP contribution is 2.29. The van der Waals surface area contributed by atoms with Gasteiger partial charge in [0.15, 0.2) is 6.61 Å². The Morgan fingerprint density at radius 2 is 2.22 bits per heavy atom. The van der Waals surface area contributed by atoms with Gasteiger partial charge in [-0.2, -0.15) is 18.2 Å². The molecule has 1 atom stereocenters. The van der Waals surface area contributed by atoms with Gasteiger partial charge in [0.2, 0.25) is 5.88 Å². The number of carbonyl (C=O) groups is 1. The number of methoxy groups -OCH3 is 1. The third kappa shape index (κ3) is 4.47. The van der Waals surface area contributed by atoms with Crippen LogP contribution in [0.4, 0.5) is 19.0 Å². The molecule has 23 heavy (non-hydrogen) atoms. The monoisotopic (exact) mass is 333 g/mol. The Morgan fingerprint density at radius 3 is 2.83 bits per heavy atom. The number of pyridine rings is 1. The van der Waals surface area contributed by atoms with Crippen molar-refractivity contribution in [3.63, 3.8) is 0 Å². The van der Waals surface area contributed by atoms with E-state index in [4.69, 9.17) is 10.5 Å². The van der Waals surface area contributed by atoms with Crippen molar-refractivity contribution in [2.75, 3.05) is 31.8 Å². The number of hydrogen-bond donors (Lipinski definition) is 1. The SMILES string of the molecule is COC[C@@H]1CCCN1c1nc(OCC(F)(F)F)ccc1C(N)=O. The average molecular weight is 333 g/mol. The maximum atomic E-state index is 12.3. The first kappa shape index (κ1) is 17.3. The number of primary amides is 1. The lowest BCUT2D eigenvalue weighted by atomic mass is 10.2. The van der Waals surface area contributed by atoms with E-state index in [9.17, 15) is 18.0 Å². The lowest BCUT2D eigenvalue weighted by molar-refractivity contribution is -0.154. The molecule has 1 aromatic rings. The molecular formula is C14H18F3N3O3. The molecule has 0 spiro atoms. The fraction of sp³-hybridized carbons (Fsp3) is 0.571. The highest BCUT2D eigenvalue weighted by atomic mass is 19.4. The van der Waals surface area contributed by atoms with Crippen molar-refractivity contribution in [2.24, 2.45) is 5.73 Å². The summed E-state index contributed by atoms with van der Waals surface area (Å²) in [5.41, 5.74) is 5.48. The molecule has 1 amide bonds. The van der Waals surface area contributed by atoms with Gasteiger partial charge in [0.1, 0.15) is 5.82 Å². The largest absolute Gasteiger partial charge is 0.468 e. The van der Waals surface area contributed by atoms with Crippen LogP contribution >= 0.6 is 0 Å². The summed E-state index contributed by atoms with van der Waals surface area (Å²) in [6.45, 7) is -0.408. The molecule has 1 aliphatic rings. The molecule has 1 aliphatic heterocycles. The van der Waals surface area contributed by atoms with E-state index in [1.54, 1.807) is 7.11 Å². The smallest absolute Gasteiger partial charge is 0.422 e. The summed E-state index contributed by atoms with van der Waals surface area (Å²) in [5.74, 6) is -0.667. The number of carbonyl (C=O) groups excluding carboxylic acids is 1. The fourth-order valence-electron chi connectivity index (χ4n) is 2.56. The van der Waals surface area contributed by atoms with E-state index in [1.807, 2.05) is 4.90 Å². The Hall–Kier alpha value is -2.03. The number of rotatable bonds is 6. The van der Waals surface area contributed by atoms with Crippen LogP contribution < -0.4 is 15.4 Å². The molecule has 0 radical (unpaired) electrons. The highest BCUT2D eigenvalue weighted by Gasteiger charge is 2.31. The minimum Gasteiger partial charge on any atom is -0.468 e. The first-order valence-corrected chi connectivity index (χ1v) is 7.08. The van der Waals surface area contributed by atoms with Crippen molar-refractivity contribution < 1.29 is 27.4 Å². The third-order valence-electron chi connectivity index (χ3n) is 3.51. The zero-order chi connectivity index (χ0) is 17.0. The average Bonchev–Trinajstić information content (AvgIpc) is 2.92. The predicted octanol–water partition coefficient (Wildman–Crippen LogP) is 1.74. The molecule has 0 bridgehead atoms. The van der Waals surface area contributed by atoms with Crippen LogP contribution in [0.1, 0.15) is 23.2 Å². The van der Waals surface area contributed by atoms with Gasteiger partial charge in [0.05, 0.1) is 18.2 Å². The van der Waals surface area contributed by atoms with Gasteiger partial charge < -0.3 is 20.1 Å². The van der Waals surface area contributed by atoms with Crippen LogP contribution in [0.3, 0.4) is 0 Å². The minimum absolute atomic E-state index is 0.0107. The Balaban J connectivity index is 2.29. The quantitative estimate of drug-likeness (QED) is 0.858. The Kier molecular flexibility index (Phi) is 5.30. The summed E-state index contributed by atoms with van der Waals surface area (Å²) >= 11 is 0. The first-order chi connectivity index (χ1) is 10.8. The summed E-state index contributed by atoms with van der Waals surface area (Å²) < 4.78 is 46.6. The summed E-state index contributed by atoms with van der Waals surface area (Å²) in [7, 11) is 1.56. The van der Waals surface area contributed by atoms with Crippen LogP contribution in [0.5, 0.6) is 5.88 Å². The topological polar surface area (TPSA) is 77.7 Å². The second-order valence-corrected chi connectivity index (χ2v) is 5.23. The predicted molar refractivity (Wildman–Crippen MR) is 76.5 cm³/mol. The number of nitrogens with two attached hydrogens (primary N) is 1. The van der Waals surface area contributed by atoms with Gasteiger partial charge in [0.25, 0.3) is 5.91 Å². The molecule has 1 saturated heterocycles. The number of alkyl halides is 3. The molecular weight excluding hydrogens is 315 g/mol. The van der Waals surface area contributed by atoms with E-state index < -0.39 is 18.7 Å². The van der Waals surface area contributed by atoms with Crippen molar-refractivity contribution in [3.05, 3.63) is 17.7 Å². The van der Waals surface area contributed by atoms with Gasteiger partial charge in [-0.15, -0.1) is 0 Å². The molecule has 9 heteroatoms. The fourth-order valence-corrected chi connectivity index (χ4v) is 2.56. The molecule has 0 unspecified atom stereocenters. The normalized spacial score (nSPS) is 18.3. The van der Waals surface area contributed by atoms with Crippen LogP contribution in [0, 0.1) is 0 Å². The first-order valence-electron chi connectivity index (χ1n) is 7.08. The number of hydrogen-bond acceptors (Lipinski definition) is 5. The number of nitrogens with zero attached hydrogens (tertiary/aromatic N) is 2. The number of amides is 1. The van der Waals surface area contributed by atoms with Crippen molar-refractivity contribution >= 4 is 11.7 Å². The second kappa shape index (κ2) is 7.03. The van der Waals surface area contributed by atoms with Crippen molar-refractivity contribution in [2.45, 2.75) is 25.1 Å². The van der Waals surface area contributed by atoms with Crippen molar-refractivity contribution in [1.82, 2.24) is 4.98 Å². The molecule has 0 aromatic carbocycles. The summed E-state index contributed by atoms with van der Waals surface area (Å²) in [6.07, 6.45) is -2.76. The lowest BCUT2D eigenvalue weighted by Crippen LogP contribution is -2.35. The molecule has 2 N–H and O–H groups in total. The lowest BCUT2D eigenvalue weighted by Gasteiger charge is -2.27. The number of ether oxygens (including phenoxy) is 2. The van der Waals surface area contributed by atoms with Crippen LogP contribution in [0.15, 0.2) is 12.1 Å². The zero-order valence-corrected chi connectivity index (χ0v) is 12.6. The Bertz CT molecular complexity index is 566. The molecule has 0 saturated carbocycles.